The zero-order valence-electron chi connectivity index (χ0n) is 12.6. The second-order valence-corrected chi connectivity index (χ2v) is 6.41. The minimum atomic E-state index is -0.601. The number of carbonyl (C=O) groups is 1. The lowest BCUT2D eigenvalue weighted by molar-refractivity contribution is 0.0953. The van der Waals surface area contributed by atoms with Crippen LogP contribution in [-0.4, -0.2) is 17.4 Å². The van der Waals surface area contributed by atoms with E-state index in [0.717, 1.165) is 22.3 Å². The zero-order chi connectivity index (χ0) is 16.9. The van der Waals surface area contributed by atoms with Crippen molar-refractivity contribution in [2.45, 2.75) is 6.42 Å². The number of aromatic nitrogens is 1. The highest BCUT2D eigenvalue weighted by molar-refractivity contribution is 7.13. The van der Waals surface area contributed by atoms with Crippen LogP contribution < -0.4 is 5.32 Å². The molecule has 0 saturated heterocycles. The van der Waals surface area contributed by atoms with Gasteiger partial charge in [-0.25, -0.2) is 9.37 Å². The molecule has 0 aliphatic carbocycles. The Morgan fingerprint density at radius 2 is 2.00 bits per heavy atom. The minimum absolute atomic E-state index is 0.00228. The fourth-order valence-electron chi connectivity index (χ4n) is 2.18. The first-order valence-electron chi connectivity index (χ1n) is 7.36. The Bertz CT molecular complexity index is 851. The lowest BCUT2D eigenvalue weighted by Crippen LogP contribution is -2.25. The van der Waals surface area contributed by atoms with Crippen LogP contribution in [0, 0.1) is 5.82 Å². The van der Waals surface area contributed by atoms with Crippen molar-refractivity contribution in [1.82, 2.24) is 10.3 Å². The van der Waals surface area contributed by atoms with Crippen molar-refractivity contribution in [3.8, 4) is 10.6 Å². The van der Waals surface area contributed by atoms with Crippen molar-refractivity contribution in [3.05, 3.63) is 76.0 Å². The van der Waals surface area contributed by atoms with E-state index in [4.69, 9.17) is 11.6 Å². The Balaban J connectivity index is 1.56. The molecule has 1 amide bonds. The molecule has 1 aromatic heterocycles. The number of amides is 1. The van der Waals surface area contributed by atoms with Gasteiger partial charge in [-0.3, -0.25) is 4.79 Å². The molecule has 0 radical (unpaired) electrons. The molecule has 0 saturated carbocycles. The van der Waals surface area contributed by atoms with E-state index in [-0.39, 0.29) is 16.5 Å². The van der Waals surface area contributed by atoms with E-state index in [1.807, 2.05) is 35.7 Å². The second kappa shape index (κ2) is 7.55. The summed E-state index contributed by atoms with van der Waals surface area (Å²) in [6, 6.07) is 13.9. The third-order valence-corrected chi connectivity index (χ3v) is 4.67. The summed E-state index contributed by atoms with van der Waals surface area (Å²) < 4.78 is 13.4. The number of halogens is 2. The highest BCUT2D eigenvalue weighted by Crippen LogP contribution is 2.23. The molecule has 1 N–H and O–H groups in total. The van der Waals surface area contributed by atoms with Gasteiger partial charge in [0.15, 0.2) is 0 Å². The molecular formula is C18H14ClFN2OS. The Morgan fingerprint density at radius 1 is 1.21 bits per heavy atom. The predicted octanol–water partition coefficient (Wildman–Crippen LogP) is 4.58. The van der Waals surface area contributed by atoms with Gasteiger partial charge in [-0.05, 0) is 18.2 Å². The van der Waals surface area contributed by atoms with E-state index in [9.17, 15) is 9.18 Å². The molecule has 0 bridgehead atoms. The number of rotatable bonds is 5. The van der Waals surface area contributed by atoms with Gasteiger partial charge in [0.1, 0.15) is 10.8 Å². The van der Waals surface area contributed by atoms with Crippen molar-refractivity contribution < 1.29 is 9.18 Å². The summed E-state index contributed by atoms with van der Waals surface area (Å²) in [7, 11) is 0. The molecule has 0 aliphatic rings. The average molecular weight is 361 g/mol. The number of nitrogens with zero attached hydrogens (tertiary/aromatic N) is 1. The largest absolute Gasteiger partial charge is 0.352 e. The van der Waals surface area contributed by atoms with Gasteiger partial charge < -0.3 is 5.32 Å². The van der Waals surface area contributed by atoms with E-state index >= 15 is 0 Å². The fourth-order valence-corrected chi connectivity index (χ4v) is 3.16. The quantitative estimate of drug-likeness (QED) is 0.723. The van der Waals surface area contributed by atoms with Gasteiger partial charge in [0.2, 0.25) is 0 Å². The van der Waals surface area contributed by atoms with Gasteiger partial charge in [-0.15, -0.1) is 11.3 Å². The lowest BCUT2D eigenvalue weighted by Gasteiger charge is -2.04. The molecule has 6 heteroatoms. The van der Waals surface area contributed by atoms with Crippen molar-refractivity contribution in [3.63, 3.8) is 0 Å². The SMILES string of the molecule is O=C(NCCc1csc(-c2ccccc2)n1)c1ccc(Cl)c(F)c1. The standard InChI is InChI=1S/C18H14ClFN2OS/c19-15-7-6-13(10-16(15)20)17(23)21-9-8-14-11-24-18(22-14)12-4-2-1-3-5-12/h1-7,10-11H,8-9H2,(H,21,23). The van der Waals surface area contributed by atoms with Crippen LogP contribution in [0.3, 0.4) is 0 Å². The highest BCUT2D eigenvalue weighted by Gasteiger charge is 2.09. The van der Waals surface area contributed by atoms with Crippen LogP contribution in [0.15, 0.2) is 53.9 Å². The molecular weight excluding hydrogens is 347 g/mol. The highest BCUT2D eigenvalue weighted by atomic mass is 35.5. The van der Waals surface area contributed by atoms with Crippen LogP contribution in [0.2, 0.25) is 5.02 Å². The maximum atomic E-state index is 13.4. The van der Waals surface area contributed by atoms with Gasteiger partial charge in [0.25, 0.3) is 5.91 Å². The maximum absolute atomic E-state index is 13.4. The van der Waals surface area contributed by atoms with Gasteiger partial charge in [-0.2, -0.15) is 0 Å². The average Bonchev–Trinajstić information content (AvgIpc) is 3.07. The predicted molar refractivity (Wildman–Crippen MR) is 95.0 cm³/mol. The number of thiazole rings is 1. The molecule has 24 heavy (non-hydrogen) atoms. The number of hydrogen-bond donors (Lipinski definition) is 1. The smallest absolute Gasteiger partial charge is 0.251 e. The molecule has 3 aromatic rings. The second-order valence-electron chi connectivity index (χ2n) is 5.14. The van der Waals surface area contributed by atoms with Crippen molar-refractivity contribution in [2.75, 3.05) is 6.54 Å². The van der Waals surface area contributed by atoms with Crippen LogP contribution in [0.25, 0.3) is 10.6 Å². The third-order valence-electron chi connectivity index (χ3n) is 3.42. The monoisotopic (exact) mass is 360 g/mol. The van der Waals surface area contributed by atoms with E-state index < -0.39 is 5.82 Å². The van der Waals surface area contributed by atoms with E-state index in [1.54, 1.807) is 11.3 Å². The summed E-state index contributed by atoms with van der Waals surface area (Å²) >= 11 is 7.18. The summed E-state index contributed by atoms with van der Waals surface area (Å²) in [5.74, 6) is -0.930. The lowest BCUT2D eigenvalue weighted by atomic mass is 10.2. The van der Waals surface area contributed by atoms with Crippen molar-refractivity contribution in [1.29, 1.82) is 0 Å². The molecule has 0 atom stereocenters. The summed E-state index contributed by atoms with van der Waals surface area (Å²) in [4.78, 5) is 16.6. The third kappa shape index (κ3) is 3.99. The van der Waals surface area contributed by atoms with Gasteiger partial charge >= 0.3 is 0 Å². The normalized spacial score (nSPS) is 10.6. The number of benzene rings is 2. The van der Waals surface area contributed by atoms with Gasteiger partial charge in [0.05, 0.1) is 10.7 Å². The Labute approximate surface area is 148 Å². The first kappa shape index (κ1) is 16.6. The van der Waals surface area contributed by atoms with Crippen LogP contribution >= 0.6 is 22.9 Å². The van der Waals surface area contributed by atoms with Crippen molar-refractivity contribution in [2.24, 2.45) is 0 Å². The zero-order valence-corrected chi connectivity index (χ0v) is 14.2. The fraction of sp³-hybridized carbons (Fsp3) is 0.111. The Morgan fingerprint density at radius 3 is 2.75 bits per heavy atom. The molecule has 0 fully saturated rings. The number of nitrogens with one attached hydrogen (secondary N) is 1. The molecule has 3 nitrogen and oxygen atoms in total. The van der Waals surface area contributed by atoms with Crippen LogP contribution in [0.1, 0.15) is 16.1 Å². The van der Waals surface area contributed by atoms with Crippen LogP contribution in [0.5, 0.6) is 0 Å². The molecule has 2 aromatic carbocycles. The molecule has 122 valence electrons. The Hall–Kier alpha value is -2.24. The van der Waals surface area contributed by atoms with Crippen LogP contribution in [-0.2, 0) is 6.42 Å². The van der Waals surface area contributed by atoms with Gasteiger partial charge in [-0.1, -0.05) is 41.9 Å². The number of hydrogen-bond acceptors (Lipinski definition) is 3. The summed E-state index contributed by atoms with van der Waals surface area (Å²) in [5, 5.41) is 5.70. The Kier molecular flexibility index (Phi) is 5.23. The van der Waals surface area contributed by atoms with E-state index in [2.05, 4.69) is 10.3 Å². The molecule has 1 heterocycles. The van der Waals surface area contributed by atoms with Crippen molar-refractivity contribution >= 4 is 28.8 Å². The molecule has 0 spiro atoms. The maximum Gasteiger partial charge on any atom is 0.251 e. The molecule has 0 aliphatic heterocycles. The van der Waals surface area contributed by atoms with E-state index in [1.165, 1.54) is 12.1 Å². The molecule has 0 unspecified atom stereocenters. The van der Waals surface area contributed by atoms with E-state index in [0.29, 0.717) is 13.0 Å². The minimum Gasteiger partial charge on any atom is -0.352 e. The summed E-state index contributed by atoms with van der Waals surface area (Å²) in [5.41, 5.74) is 2.25. The molecule has 3 rings (SSSR count). The first-order chi connectivity index (χ1) is 11.6. The summed E-state index contributed by atoms with van der Waals surface area (Å²) in [6.07, 6.45) is 0.616. The van der Waals surface area contributed by atoms with Crippen LogP contribution in [0.4, 0.5) is 4.39 Å². The topological polar surface area (TPSA) is 42.0 Å². The van der Waals surface area contributed by atoms with Gasteiger partial charge in [0, 0.05) is 29.5 Å². The number of carbonyl (C=O) groups excluding carboxylic acids is 1. The summed E-state index contributed by atoms with van der Waals surface area (Å²) in [6.45, 7) is 0.432. The first-order valence-corrected chi connectivity index (χ1v) is 8.62.